The first-order valence-electron chi connectivity index (χ1n) is 14.4. The molecule has 2 aliphatic heterocycles. The Bertz CT molecular complexity index is 1510. The highest BCUT2D eigenvalue weighted by Gasteiger charge is 2.44. The summed E-state index contributed by atoms with van der Waals surface area (Å²) in [5, 5.41) is 2.36. The predicted molar refractivity (Wildman–Crippen MR) is 169 cm³/mol. The molecule has 4 nitrogen and oxygen atoms in total. The lowest BCUT2D eigenvalue weighted by atomic mass is 9.78. The monoisotopic (exact) mass is 568 g/mol. The summed E-state index contributed by atoms with van der Waals surface area (Å²) in [6.07, 6.45) is 18.8. The SMILES string of the molecule is C#CCCC[N+]1=C(/C=C/C=C/C=C/C=C2/N(C)c3ccccc3C2(C)CC(=O)NCC(F)F)C(C)(C)c2ccccc21. The van der Waals surface area contributed by atoms with Crippen LogP contribution in [0.15, 0.2) is 96.8 Å². The van der Waals surface area contributed by atoms with Crippen molar-refractivity contribution in [2.24, 2.45) is 0 Å². The van der Waals surface area contributed by atoms with Crippen LogP contribution in [0.3, 0.4) is 0 Å². The number of halogens is 2. The second-order valence-corrected chi connectivity index (χ2v) is 11.4. The molecule has 0 aliphatic carbocycles. The summed E-state index contributed by atoms with van der Waals surface area (Å²) in [6.45, 7) is 6.72. The minimum atomic E-state index is -2.58. The number of hydrogen-bond acceptors (Lipinski definition) is 2. The molecule has 0 saturated carbocycles. The summed E-state index contributed by atoms with van der Waals surface area (Å²) in [6, 6.07) is 16.4. The Hall–Kier alpha value is -4.24. The smallest absolute Gasteiger partial charge is 0.255 e. The molecule has 0 fully saturated rings. The number of fused-ring (bicyclic) bond motifs is 2. The fraction of sp³-hybridized carbons (Fsp3) is 0.333. The van der Waals surface area contributed by atoms with Crippen molar-refractivity contribution in [3.8, 4) is 12.3 Å². The first-order valence-corrected chi connectivity index (χ1v) is 14.4. The topological polar surface area (TPSA) is 35.4 Å². The van der Waals surface area contributed by atoms with E-state index in [1.165, 1.54) is 17.0 Å². The van der Waals surface area contributed by atoms with Gasteiger partial charge in [-0.3, -0.25) is 4.79 Å². The molecule has 2 heterocycles. The Morgan fingerprint density at radius 1 is 1.02 bits per heavy atom. The van der Waals surface area contributed by atoms with E-state index in [9.17, 15) is 13.6 Å². The Balaban J connectivity index is 1.52. The van der Waals surface area contributed by atoms with Gasteiger partial charge in [-0.15, -0.1) is 12.3 Å². The molecule has 2 aromatic rings. The number of rotatable bonds is 11. The second-order valence-electron chi connectivity index (χ2n) is 11.4. The summed E-state index contributed by atoms with van der Waals surface area (Å²) < 4.78 is 27.7. The van der Waals surface area contributed by atoms with E-state index in [0.29, 0.717) is 0 Å². The number of nitrogens with one attached hydrogen (secondary N) is 1. The Kier molecular flexibility index (Phi) is 9.63. The molecule has 0 saturated heterocycles. The quantitative estimate of drug-likeness (QED) is 0.135. The molecule has 2 aromatic carbocycles. The fourth-order valence-corrected chi connectivity index (χ4v) is 6.13. The minimum absolute atomic E-state index is 0.0773. The first kappa shape index (κ1) is 30.7. The molecule has 2 aliphatic rings. The van der Waals surface area contributed by atoms with Crippen LogP contribution in [0.1, 0.15) is 51.2 Å². The van der Waals surface area contributed by atoms with Crippen LogP contribution in [-0.2, 0) is 15.6 Å². The van der Waals surface area contributed by atoms with Gasteiger partial charge in [0.05, 0.1) is 12.0 Å². The van der Waals surface area contributed by atoms with E-state index < -0.39 is 24.3 Å². The molecule has 218 valence electrons. The number of carbonyl (C=O) groups excluding carboxylic acids is 1. The van der Waals surface area contributed by atoms with Gasteiger partial charge in [0.2, 0.25) is 11.6 Å². The molecular weight excluding hydrogens is 528 g/mol. The van der Waals surface area contributed by atoms with Crippen LogP contribution in [0, 0.1) is 12.3 Å². The van der Waals surface area contributed by atoms with Gasteiger partial charge in [0, 0.05) is 60.8 Å². The highest BCUT2D eigenvalue weighted by atomic mass is 19.3. The number of unbranched alkanes of at least 4 members (excludes halogenated alkanes) is 1. The minimum Gasteiger partial charge on any atom is -0.350 e. The van der Waals surface area contributed by atoms with Gasteiger partial charge in [0.25, 0.3) is 6.43 Å². The van der Waals surface area contributed by atoms with Crippen molar-refractivity contribution in [2.45, 2.75) is 57.3 Å². The van der Waals surface area contributed by atoms with Crippen LogP contribution in [0.2, 0.25) is 0 Å². The molecule has 1 unspecified atom stereocenters. The largest absolute Gasteiger partial charge is 0.350 e. The predicted octanol–water partition coefficient (Wildman–Crippen LogP) is 7.21. The summed E-state index contributed by atoms with van der Waals surface area (Å²) in [7, 11) is 1.97. The summed E-state index contributed by atoms with van der Waals surface area (Å²) in [4.78, 5) is 14.7. The Morgan fingerprint density at radius 2 is 1.69 bits per heavy atom. The van der Waals surface area contributed by atoms with Crippen molar-refractivity contribution in [3.63, 3.8) is 0 Å². The van der Waals surface area contributed by atoms with Crippen molar-refractivity contribution in [1.29, 1.82) is 0 Å². The fourth-order valence-electron chi connectivity index (χ4n) is 6.13. The highest BCUT2D eigenvalue weighted by molar-refractivity contribution is 6.03. The van der Waals surface area contributed by atoms with Crippen molar-refractivity contribution >= 4 is 23.0 Å². The molecule has 1 amide bonds. The van der Waals surface area contributed by atoms with Gasteiger partial charge < -0.3 is 10.2 Å². The third-order valence-corrected chi connectivity index (χ3v) is 8.21. The van der Waals surface area contributed by atoms with Crippen molar-refractivity contribution in [3.05, 3.63) is 108 Å². The zero-order valence-electron chi connectivity index (χ0n) is 24.9. The van der Waals surface area contributed by atoms with Gasteiger partial charge in [-0.05, 0) is 38.5 Å². The average Bonchev–Trinajstić information content (AvgIpc) is 3.31. The number of amides is 1. The Morgan fingerprint density at radius 3 is 2.43 bits per heavy atom. The van der Waals surface area contributed by atoms with Crippen molar-refractivity contribution in [1.82, 2.24) is 5.32 Å². The van der Waals surface area contributed by atoms with Crippen LogP contribution in [-0.4, -0.2) is 42.8 Å². The van der Waals surface area contributed by atoms with E-state index >= 15 is 0 Å². The maximum atomic E-state index is 12.7. The average molecular weight is 569 g/mol. The highest BCUT2D eigenvalue weighted by Crippen LogP contribution is 2.49. The van der Waals surface area contributed by atoms with E-state index in [1.807, 2.05) is 68.6 Å². The van der Waals surface area contributed by atoms with Gasteiger partial charge in [0.15, 0.2) is 5.71 Å². The molecule has 0 radical (unpaired) electrons. The first-order chi connectivity index (χ1) is 20.1. The lowest BCUT2D eigenvalue weighted by Gasteiger charge is -2.28. The Labute approximate surface area is 248 Å². The molecule has 0 aromatic heterocycles. The number of carbonyl (C=O) groups is 1. The zero-order chi connectivity index (χ0) is 30.3. The second kappa shape index (κ2) is 13.2. The van der Waals surface area contributed by atoms with Crippen LogP contribution < -0.4 is 10.2 Å². The third-order valence-electron chi connectivity index (χ3n) is 8.21. The number of alkyl halides is 2. The molecule has 0 spiro atoms. The van der Waals surface area contributed by atoms with Crippen molar-refractivity contribution < 1.29 is 18.2 Å². The third kappa shape index (κ3) is 6.31. The molecule has 4 rings (SSSR count). The number of anilines is 1. The maximum Gasteiger partial charge on any atom is 0.255 e. The molecule has 0 bridgehead atoms. The summed E-state index contributed by atoms with van der Waals surface area (Å²) >= 11 is 0. The van der Waals surface area contributed by atoms with E-state index in [0.717, 1.165) is 36.3 Å². The van der Waals surface area contributed by atoms with E-state index in [4.69, 9.17) is 6.42 Å². The van der Waals surface area contributed by atoms with Gasteiger partial charge in [-0.2, -0.15) is 4.58 Å². The number of terminal acetylenes is 1. The van der Waals surface area contributed by atoms with E-state index in [-0.39, 0.29) is 11.8 Å². The lowest BCUT2D eigenvalue weighted by Crippen LogP contribution is -2.36. The standard InChI is InChI=1S/C36H39F2N3O/c1-6-7-17-24-41-30-21-16-13-18-27(30)35(2,3)31(41)22-11-9-8-10-12-23-32-36(4,25-34(42)39-26-33(37)38)28-19-14-15-20-29(28)40(32)5/h1,8-16,18-23,33H,7,17,24-26H2,2-5H3/p+1. The van der Waals surface area contributed by atoms with E-state index in [2.05, 4.69) is 71.0 Å². The molecule has 6 heteroatoms. The van der Waals surface area contributed by atoms with Gasteiger partial charge in [-0.25, -0.2) is 8.78 Å². The zero-order valence-corrected chi connectivity index (χ0v) is 24.9. The number of allylic oxidation sites excluding steroid dienone is 8. The maximum absolute atomic E-state index is 12.7. The van der Waals surface area contributed by atoms with Crippen LogP contribution in [0.25, 0.3) is 0 Å². The van der Waals surface area contributed by atoms with Gasteiger partial charge >= 0.3 is 0 Å². The van der Waals surface area contributed by atoms with Gasteiger partial charge in [-0.1, -0.05) is 66.8 Å². The summed E-state index contributed by atoms with van der Waals surface area (Å²) in [5.41, 5.74) is 5.96. The number of hydrogen-bond donors (Lipinski definition) is 1. The van der Waals surface area contributed by atoms with E-state index in [1.54, 1.807) is 0 Å². The number of likely N-dealkylation sites (N-methyl/N-ethyl adjacent to an activating group) is 1. The van der Waals surface area contributed by atoms with Crippen molar-refractivity contribution in [2.75, 3.05) is 25.0 Å². The number of benzene rings is 2. The number of nitrogens with zero attached hydrogens (tertiary/aromatic N) is 2. The molecular formula is C36H40F2N3O+. The molecule has 1 atom stereocenters. The molecule has 42 heavy (non-hydrogen) atoms. The summed E-state index contributed by atoms with van der Waals surface area (Å²) in [5.74, 6) is 2.35. The normalized spacial score (nSPS) is 20.3. The number of para-hydroxylation sites is 2. The molecule has 1 N–H and O–H groups in total. The van der Waals surface area contributed by atoms with Crippen LogP contribution >= 0.6 is 0 Å². The van der Waals surface area contributed by atoms with Crippen LogP contribution in [0.5, 0.6) is 0 Å². The van der Waals surface area contributed by atoms with Crippen LogP contribution in [0.4, 0.5) is 20.2 Å². The lowest BCUT2D eigenvalue weighted by molar-refractivity contribution is -0.438. The van der Waals surface area contributed by atoms with Gasteiger partial charge in [0.1, 0.15) is 6.54 Å².